The number of aliphatic carboxylic acids is 1. The molecule has 2 aromatic heterocycles. The van der Waals surface area contributed by atoms with Crippen LogP contribution in [-0.2, 0) is 14.4 Å². The maximum absolute atomic E-state index is 13.6. The molecule has 3 aromatic carbocycles. The standard InChI is InChI=1S/C27H20N4O3S.C2H4O2/c1-15-11-12-16(2)19(13-15)28-22(32)14-30-20-9-5-3-7-17(20)23(25(30)33)24-26(34)31-21-10-6-4-8-18(21)29-27(31)35-24;1-2(3)4/h3-13H,14H2,1-2H3,(H,28,32);1H3,(H,3,4)/b24-23+;. The van der Waals surface area contributed by atoms with Crippen molar-refractivity contribution in [3.63, 3.8) is 0 Å². The number of benzene rings is 3. The van der Waals surface area contributed by atoms with Gasteiger partial charge in [0, 0.05) is 18.2 Å². The van der Waals surface area contributed by atoms with E-state index in [2.05, 4.69) is 10.3 Å². The molecule has 6 rings (SSSR count). The van der Waals surface area contributed by atoms with Gasteiger partial charge >= 0.3 is 0 Å². The highest BCUT2D eigenvalue weighted by atomic mass is 32.1. The molecule has 0 bridgehead atoms. The second kappa shape index (κ2) is 10.1. The van der Waals surface area contributed by atoms with Gasteiger partial charge in [-0.3, -0.25) is 24.1 Å². The highest BCUT2D eigenvalue weighted by Crippen LogP contribution is 2.35. The summed E-state index contributed by atoms with van der Waals surface area (Å²) in [6, 6.07) is 20.5. The third kappa shape index (κ3) is 4.77. The molecule has 196 valence electrons. The average Bonchev–Trinajstić information content (AvgIpc) is 3.50. The van der Waals surface area contributed by atoms with Crippen LogP contribution in [0.1, 0.15) is 23.6 Å². The van der Waals surface area contributed by atoms with Crippen LogP contribution >= 0.6 is 11.3 Å². The Labute approximate surface area is 226 Å². The molecule has 3 heterocycles. The number of carboxylic acid groups (broad SMARTS) is 1. The second-order valence-electron chi connectivity index (χ2n) is 9.12. The molecule has 0 aliphatic carbocycles. The summed E-state index contributed by atoms with van der Waals surface area (Å²) in [6.45, 7) is 4.80. The molecule has 0 spiro atoms. The van der Waals surface area contributed by atoms with Crippen LogP contribution in [0.15, 0.2) is 71.5 Å². The number of aromatic nitrogens is 2. The van der Waals surface area contributed by atoms with Gasteiger partial charge in [0.05, 0.1) is 22.3 Å². The largest absolute Gasteiger partial charge is 0.481 e. The second-order valence-corrected chi connectivity index (χ2v) is 10.1. The molecule has 0 unspecified atom stereocenters. The lowest BCUT2D eigenvalue weighted by Gasteiger charge is -2.17. The average molecular weight is 541 g/mol. The number of carbonyl (C=O) groups is 3. The smallest absolute Gasteiger partial charge is 0.300 e. The van der Waals surface area contributed by atoms with Gasteiger partial charge in [0.25, 0.3) is 17.4 Å². The molecule has 0 atom stereocenters. The van der Waals surface area contributed by atoms with E-state index in [0.29, 0.717) is 37.5 Å². The zero-order valence-electron chi connectivity index (χ0n) is 21.4. The number of amides is 2. The fourth-order valence-electron chi connectivity index (χ4n) is 4.52. The van der Waals surface area contributed by atoms with Crippen molar-refractivity contribution in [2.45, 2.75) is 20.8 Å². The highest BCUT2D eigenvalue weighted by Gasteiger charge is 2.35. The Kier molecular flexibility index (Phi) is 6.71. The number of hydrogen-bond donors (Lipinski definition) is 2. The molecule has 2 amide bonds. The van der Waals surface area contributed by atoms with Gasteiger partial charge in [0.2, 0.25) is 5.91 Å². The SMILES string of the molecule is CC(=O)O.Cc1ccc(C)c(NC(=O)CN2C(=O)/C(=c3/sc4nc5ccccc5n4c3=O)c3ccccc32)c1. The number of rotatable bonds is 3. The van der Waals surface area contributed by atoms with Gasteiger partial charge in [-0.25, -0.2) is 9.38 Å². The maximum atomic E-state index is 13.6. The Morgan fingerprint density at radius 2 is 1.69 bits per heavy atom. The molecule has 0 radical (unpaired) electrons. The molecule has 9 nitrogen and oxygen atoms in total. The number of fused-ring (bicyclic) bond motifs is 4. The summed E-state index contributed by atoms with van der Waals surface area (Å²) in [7, 11) is 0. The molecule has 5 aromatic rings. The van der Waals surface area contributed by atoms with Gasteiger partial charge in [0.1, 0.15) is 11.1 Å². The number of thiazole rings is 1. The molecule has 39 heavy (non-hydrogen) atoms. The van der Waals surface area contributed by atoms with Crippen molar-refractivity contribution < 1.29 is 19.5 Å². The number of para-hydroxylation sites is 3. The van der Waals surface area contributed by atoms with Gasteiger partial charge < -0.3 is 10.4 Å². The minimum atomic E-state index is -0.833. The van der Waals surface area contributed by atoms with Crippen LogP contribution in [0.2, 0.25) is 0 Å². The normalized spacial score (nSPS) is 13.8. The Balaban J connectivity index is 0.000000723. The molecule has 2 N–H and O–H groups in total. The van der Waals surface area contributed by atoms with Gasteiger partial charge in [-0.2, -0.15) is 0 Å². The van der Waals surface area contributed by atoms with E-state index in [1.165, 1.54) is 16.2 Å². The van der Waals surface area contributed by atoms with E-state index in [1.807, 2.05) is 74.5 Å². The van der Waals surface area contributed by atoms with Gasteiger partial charge in [-0.05, 0) is 49.2 Å². The van der Waals surface area contributed by atoms with Crippen molar-refractivity contribution in [3.05, 3.63) is 98.3 Å². The van der Waals surface area contributed by atoms with Crippen molar-refractivity contribution in [2.75, 3.05) is 16.8 Å². The Morgan fingerprint density at radius 3 is 2.46 bits per heavy atom. The van der Waals surface area contributed by atoms with Crippen LogP contribution in [0, 0.1) is 13.8 Å². The van der Waals surface area contributed by atoms with E-state index < -0.39 is 5.97 Å². The van der Waals surface area contributed by atoms with Crippen molar-refractivity contribution in [3.8, 4) is 0 Å². The first-order valence-electron chi connectivity index (χ1n) is 12.1. The summed E-state index contributed by atoms with van der Waals surface area (Å²) in [5.74, 6) is -1.51. The van der Waals surface area contributed by atoms with Crippen LogP contribution in [0.3, 0.4) is 0 Å². The summed E-state index contributed by atoms with van der Waals surface area (Å²) in [4.78, 5) is 55.6. The summed E-state index contributed by atoms with van der Waals surface area (Å²) in [6.07, 6.45) is 0. The summed E-state index contributed by atoms with van der Waals surface area (Å²) in [5, 5.41) is 10.3. The molecule has 1 aliphatic rings. The first kappa shape index (κ1) is 25.8. The Hall–Kier alpha value is -4.83. The number of imidazole rings is 1. The molecular weight excluding hydrogens is 516 g/mol. The fourth-order valence-corrected chi connectivity index (χ4v) is 5.60. The van der Waals surface area contributed by atoms with Crippen molar-refractivity contribution in [1.82, 2.24) is 9.38 Å². The molecule has 1 aliphatic heterocycles. The third-order valence-electron chi connectivity index (χ3n) is 6.24. The third-order valence-corrected chi connectivity index (χ3v) is 7.28. The van der Waals surface area contributed by atoms with Crippen molar-refractivity contribution in [2.24, 2.45) is 0 Å². The van der Waals surface area contributed by atoms with Crippen LogP contribution in [0.25, 0.3) is 21.6 Å². The molecular formula is C29H24N4O5S. The highest BCUT2D eigenvalue weighted by molar-refractivity contribution is 7.15. The number of nitrogens with zero attached hydrogens (tertiary/aromatic N) is 3. The van der Waals surface area contributed by atoms with E-state index >= 15 is 0 Å². The number of nitrogens with one attached hydrogen (secondary N) is 1. The Bertz CT molecular complexity index is 1900. The van der Waals surface area contributed by atoms with E-state index in [-0.39, 0.29) is 23.9 Å². The minimum Gasteiger partial charge on any atom is -0.481 e. The van der Waals surface area contributed by atoms with E-state index in [0.717, 1.165) is 23.6 Å². The Morgan fingerprint density at radius 1 is 1.00 bits per heavy atom. The van der Waals surface area contributed by atoms with E-state index in [1.54, 1.807) is 10.5 Å². The predicted molar refractivity (Wildman–Crippen MR) is 151 cm³/mol. The summed E-state index contributed by atoms with van der Waals surface area (Å²) >= 11 is 1.20. The maximum Gasteiger partial charge on any atom is 0.300 e. The van der Waals surface area contributed by atoms with Gasteiger partial charge in [-0.15, -0.1) is 0 Å². The first-order chi connectivity index (χ1) is 18.7. The lowest BCUT2D eigenvalue weighted by molar-refractivity contribution is -0.134. The van der Waals surface area contributed by atoms with Crippen LogP contribution in [0.5, 0.6) is 0 Å². The monoisotopic (exact) mass is 540 g/mol. The zero-order chi connectivity index (χ0) is 27.8. The summed E-state index contributed by atoms with van der Waals surface area (Å²) in [5.41, 5.74) is 5.41. The number of anilines is 2. The number of carboxylic acids is 1. The van der Waals surface area contributed by atoms with Crippen LogP contribution in [-0.4, -0.2) is 38.8 Å². The van der Waals surface area contributed by atoms with Crippen LogP contribution < -0.4 is 20.3 Å². The molecule has 0 saturated carbocycles. The van der Waals surface area contributed by atoms with Crippen molar-refractivity contribution in [1.29, 1.82) is 0 Å². The van der Waals surface area contributed by atoms with Crippen molar-refractivity contribution >= 4 is 62.1 Å². The molecule has 10 heteroatoms. The lowest BCUT2D eigenvalue weighted by atomic mass is 10.1. The van der Waals surface area contributed by atoms with E-state index in [4.69, 9.17) is 9.90 Å². The number of carbonyl (C=O) groups excluding carboxylic acids is 2. The van der Waals surface area contributed by atoms with Gasteiger partial charge in [-0.1, -0.05) is 53.8 Å². The van der Waals surface area contributed by atoms with E-state index in [9.17, 15) is 14.4 Å². The minimum absolute atomic E-state index is 0.160. The fraction of sp³-hybridized carbons (Fsp3) is 0.138. The lowest BCUT2D eigenvalue weighted by Crippen LogP contribution is -2.37. The first-order valence-corrected chi connectivity index (χ1v) is 12.9. The van der Waals surface area contributed by atoms with Crippen LogP contribution in [0.4, 0.5) is 11.4 Å². The molecule has 0 fully saturated rings. The zero-order valence-corrected chi connectivity index (χ0v) is 22.2. The summed E-state index contributed by atoms with van der Waals surface area (Å²) < 4.78 is 1.88. The van der Waals surface area contributed by atoms with Gasteiger partial charge in [0.15, 0.2) is 4.96 Å². The predicted octanol–water partition coefficient (Wildman–Crippen LogP) is 3.52. The number of hydrogen-bond acceptors (Lipinski definition) is 6. The number of aryl methyl sites for hydroxylation is 2. The topological polar surface area (TPSA) is 121 Å². The molecule has 0 saturated heterocycles. The quantitative estimate of drug-likeness (QED) is 0.361.